The fraction of sp³-hybridized carbons (Fsp3) is 0.320. The largest absolute Gasteiger partial charge is 0.340 e. The number of carbonyl (C=O) groups excluding carboxylic acids is 2. The quantitative estimate of drug-likeness (QED) is 0.405. The van der Waals surface area contributed by atoms with E-state index in [0.29, 0.717) is 11.3 Å². The molecule has 0 bridgehead atoms. The maximum Gasteiger partial charge on any atom is 0.263 e. The summed E-state index contributed by atoms with van der Waals surface area (Å²) in [6.45, 7) is 9.97. The van der Waals surface area contributed by atoms with Crippen molar-refractivity contribution in [2.24, 2.45) is 5.92 Å². The Balaban J connectivity index is 1.67. The van der Waals surface area contributed by atoms with Crippen LogP contribution in [-0.2, 0) is 20.2 Å². The van der Waals surface area contributed by atoms with Crippen molar-refractivity contribution in [2.45, 2.75) is 51.0 Å². The lowest BCUT2D eigenvalue weighted by atomic mass is 9.86. The summed E-state index contributed by atoms with van der Waals surface area (Å²) in [6.07, 6.45) is 1.51. The van der Waals surface area contributed by atoms with Crippen molar-refractivity contribution in [1.82, 2.24) is 10.3 Å². The zero-order chi connectivity index (χ0) is 25.8. The lowest BCUT2D eigenvalue weighted by Crippen LogP contribution is -2.47. The van der Waals surface area contributed by atoms with E-state index in [1.54, 1.807) is 17.5 Å². The number of rotatable bonds is 8. The van der Waals surface area contributed by atoms with Crippen molar-refractivity contribution in [3.8, 4) is 0 Å². The third kappa shape index (κ3) is 6.89. The van der Waals surface area contributed by atoms with Gasteiger partial charge in [-0.05, 0) is 53.3 Å². The van der Waals surface area contributed by atoms with Gasteiger partial charge in [0, 0.05) is 22.8 Å². The number of amides is 2. The Bertz CT molecular complexity index is 1260. The number of sulfonamides is 1. The summed E-state index contributed by atoms with van der Waals surface area (Å²) in [6, 6.07) is 12.3. The number of nitrogens with one attached hydrogen (secondary N) is 3. The van der Waals surface area contributed by atoms with Crippen LogP contribution in [0.5, 0.6) is 0 Å². The molecule has 3 rings (SSSR count). The summed E-state index contributed by atoms with van der Waals surface area (Å²) in [5, 5.41) is 7.50. The first-order valence-corrected chi connectivity index (χ1v) is 13.5. The number of anilines is 2. The van der Waals surface area contributed by atoms with Crippen LogP contribution in [0, 0.1) is 5.92 Å². The van der Waals surface area contributed by atoms with E-state index in [4.69, 9.17) is 0 Å². The summed E-state index contributed by atoms with van der Waals surface area (Å²) in [5.41, 5.74) is 1.97. The van der Waals surface area contributed by atoms with Crippen LogP contribution < -0.4 is 15.4 Å². The molecule has 0 aliphatic carbocycles. The van der Waals surface area contributed by atoms with E-state index >= 15 is 0 Å². The predicted molar refractivity (Wildman–Crippen MR) is 139 cm³/mol. The molecule has 1 aromatic heterocycles. The van der Waals surface area contributed by atoms with Gasteiger partial charge < -0.3 is 10.6 Å². The van der Waals surface area contributed by atoms with Crippen molar-refractivity contribution in [2.75, 3.05) is 10.0 Å². The van der Waals surface area contributed by atoms with Crippen LogP contribution in [-0.4, -0.2) is 31.3 Å². The molecule has 3 aromatic rings. The summed E-state index contributed by atoms with van der Waals surface area (Å²) in [7, 11) is -3.79. The highest BCUT2D eigenvalue weighted by Crippen LogP contribution is 2.23. The fourth-order valence-corrected chi connectivity index (χ4v) is 5.06. The minimum absolute atomic E-state index is 0.0266. The molecule has 1 heterocycles. The maximum absolute atomic E-state index is 12.9. The number of nitrogens with zero attached hydrogens (tertiary/aromatic N) is 1. The summed E-state index contributed by atoms with van der Waals surface area (Å²) in [4.78, 5) is 29.7. The lowest BCUT2D eigenvalue weighted by Gasteiger charge is -2.22. The number of thiazole rings is 1. The molecule has 186 valence electrons. The standard InChI is InChI=1S/C25H30N4O4S2/c1-16(2)21(28-22(30)17-6-8-18(9-7-17)25(3,4)5)23(31)27-19-10-12-20(13-11-19)35(32,33)29-24-26-14-15-34-24/h6-16,21H,1-5H3,(H,26,29)(H,27,31)(H,28,30). The summed E-state index contributed by atoms with van der Waals surface area (Å²) >= 11 is 1.17. The highest BCUT2D eigenvalue weighted by Gasteiger charge is 2.25. The molecule has 35 heavy (non-hydrogen) atoms. The van der Waals surface area contributed by atoms with Gasteiger partial charge in [0.25, 0.3) is 15.9 Å². The molecule has 0 saturated carbocycles. The van der Waals surface area contributed by atoms with E-state index in [-0.39, 0.29) is 27.3 Å². The molecule has 0 fully saturated rings. The molecule has 0 aliphatic rings. The number of benzene rings is 2. The van der Waals surface area contributed by atoms with Gasteiger partial charge in [0.15, 0.2) is 5.13 Å². The van der Waals surface area contributed by atoms with Gasteiger partial charge in [-0.15, -0.1) is 11.3 Å². The second kappa shape index (κ2) is 10.6. The zero-order valence-corrected chi connectivity index (χ0v) is 22.0. The fourth-order valence-electron chi connectivity index (χ4n) is 3.27. The Kier molecular flexibility index (Phi) is 7.97. The average molecular weight is 515 g/mol. The van der Waals surface area contributed by atoms with Gasteiger partial charge in [-0.2, -0.15) is 0 Å². The number of hydrogen-bond acceptors (Lipinski definition) is 6. The van der Waals surface area contributed by atoms with E-state index in [2.05, 4.69) is 41.1 Å². The number of hydrogen-bond donors (Lipinski definition) is 3. The number of carbonyl (C=O) groups is 2. The van der Waals surface area contributed by atoms with Gasteiger partial charge in [0.1, 0.15) is 6.04 Å². The Hall–Kier alpha value is -3.24. The predicted octanol–water partition coefficient (Wildman–Crippen LogP) is 4.63. The minimum atomic E-state index is -3.79. The molecule has 0 aliphatic heterocycles. The Morgan fingerprint density at radius 1 is 0.971 bits per heavy atom. The second-order valence-electron chi connectivity index (χ2n) is 9.48. The van der Waals surface area contributed by atoms with Crippen LogP contribution >= 0.6 is 11.3 Å². The highest BCUT2D eigenvalue weighted by atomic mass is 32.2. The Morgan fingerprint density at radius 3 is 2.11 bits per heavy atom. The lowest BCUT2D eigenvalue weighted by molar-refractivity contribution is -0.118. The van der Waals surface area contributed by atoms with E-state index in [0.717, 1.165) is 5.56 Å². The van der Waals surface area contributed by atoms with Crippen molar-refractivity contribution >= 4 is 44.0 Å². The van der Waals surface area contributed by atoms with E-state index < -0.39 is 22.0 Å². The van der Waals surface area contributed by atoms with E-state index in [1.165, 1.54) is 41.8 Å². The SMILES string of the molecule is CC(C)C(NC(=O)c1ccc(C(C)(C)C)cc1)C(=O)Nc1ccc(S(=O)(=O)Nc2nccs2)cc1. The average Bonchev–Trinajstić information content (AvgIpc) is 3.29. The van der Waals surface area contributed by atoms with Crippen molar-refractivity contribution in [1.29, 1.82) is 0 Å². The van der Waals surface area contributed by atoms with E-state index in [1.807, 2.05) is 26.0 Å². The monoisotopic (exact) mass is 514 g/mol. The first kappa shape index (κ1) is 26.4. The number of aromatic nitrogens is 1. The molecule has 0 radical (unpaired) electrons. The molecular formula is C25H30N4O4S2. The summed E-state index contributed by atoms with van der Waals surface area (Å²) in [5.74, 6) is -0.903. The molecular weight excluding hydrogens is 484 g/mol. The van der Waals surface area contributed by atoms with Gasteiger partial charge >= 0.3 is 0 Å². The molecule has 1 atom stereocenters. The molecule has 0 saturated heterocycles. The maximum atomic E-state index is 12.9. The Morgan fingerprint density at radius 2 is 1.60 bits per heavy atom. The smallest absolute Gasteiger partial charge is 0.263 e. The molecule has 2 aromatic carbocycles. The summed E-state index contributed by atoms with van der Waals surface area (Å²) < 4.78 is 27.4. The van der Waals surface area contributed by atoms with Crippen LogP contribution in [0.3, 0.4) is 0 Å². The second-order valence-corrected chi connectivity index (χ2v) is 12.1. The first-order chi connectivity index (χ1) is 16.4. The molecule has 1 unspecified atom stereocenters. The molecule has 2 amide bonds. The Labute approximate surface area is 210 Å². The highest BCUT2D eigenvalue weighted by molar-refractivity contribution is 7.93. The molecule has 3 N–H and O–H groups in total. The van der Waals surface area contributed by atoms with Crippen LogP contribution in [0.4, 0.5) is 10.8 Å². The molecule has 0 spiro atoms. The van der Waals surface area contributed by atoms with Crippen molar-refractivity contribution in [3.05, 3.63) is 71.2 Å². The third-order valence-electron chi connectivity index (χ3n) is 5.33. The molecule has 10 heteroatoms. The van der Waals surface area contributed by atoms with Crippen LogP contribution in [0.15, 0.2) is 65.0 Å². The van der Waals surface area contributed by atoms with Crippen LogP contribution in [0.2, 0.25) is 0 Å². The van der Waals surface area contributed by atoms with E-state index in [9.17, 15) is 18.0 Å². The van der Waals surface area contributed by atoms with Crippen LogP contribution in [0.1, 0.15) is 50.5 Å². The van der Waals surface area contributed by atoms with Crippen LogP contribution in [0.25, 0.3) is 0 Å². The van der Waals surface area contributed by atoms with Gasteiger partial charge in [0.05, 0.1) is 4.90 Å². The van der Waals surface area contributed by atoms with Crippen molar-refractivity contribution < 1.29 is 18.0 Å². The van der Waals surface area contributed by atoms with Gasteiger partial charge in [-0.3, -0.25) is 14.3 Å². The van der Waals surface area contributed by atoms with Gasteiger partial charge in [-0.25, -0.2) is 13.4 Å². The zero-order valence-electron chi connectivity index (χ0n) is 20.3. The first-order valence-electron chi connectivity index (χ1n) is 11.1. The molecule has 8 nitrogen and oxygen atoms in total. The third-order valence-corrected chi connectivity index (χ3v) is 7.51. The normalized spacial score (nSPS) is 12.7. The van der Waals surface area contributed by atoms with Gasteiger partial charge in [0.2, 0.25) is 5.91 Å². The van der Waals surface area contributed by atoms with Gasteiger partial charge in [-0.1, -0.05) is 46.8 Å². The van der Waals surface area contributed by atoms with Crippen molar-refractivity contribution in [3.63, 3.8) is 0 Å². The topological polar surface area (TPSA) is 117 Å². The minimum Gasteiger partial charge on any atom is -0.340 e.